The fourth-order valence-electron chi connectivity index (χ4n) is 1.45. The molecule has 0 heterocycles. The first kappa shape index (κ1) is 10.6. The van der Waals surface area contributed by atoms with Gasteiger partial charge in [-0.05, 0) is 59.7 Å². The van der Waals surface area contributed by atoms with Crippen LogP contribution in [0.2, 0.25) is 0 Å². The van der Waals surface area contributed by atoms with Gasteiger partial charge in [0, 0.05) is 0 Å². The van der Waals surface area contributed by atoms with Crippen molar-refractivity contribution in [2.24, 2.45) is 0 Å². The summed E-state index contributed by atoms with van der Waals surface area (Å²) in [7, 11) is 0. The van der Waals surface area contributed by atoms with E-state index in [0.29, 0.717) is 0 Å². The summed E-state index contributed by atoms with van der Waals surface area (Å²) in [5, 5.41) is 0. The zero-order valence-electron chi connectivity index (χ0n) is 9.19. The molecule has 0 amide bonds. The molecule has 6 N–H and O–H groups in total. The lowest BCUT2D eigenvalue weighted by Gasteiger charge is -1.94. The third-order valence-electron chi connectivity index (χ3n) is 2.43. The van der Waals surface area contributed by atoms with Crippen LogP contribution in [0.1, 0.15) is 11.1 Å². The van der Waals surface area contributed by atoms with E-state index < -0.39 is 0 Å². The van der Waals surface area contributed by atoms with E-state index in [0.717, 1.165) is 11.4 Å². The number of hydrogen-bond donors (Lipinski definition) is 2. The second-order valence-electron chi connectivity index (χ2n) is 3.82. The van der Waals surface area contributed by atoms with Gasteiger partial charge in [0.25, 0.3) is 0 Å². The van der Waals surface area contributed by atoms with E-state index in [1.807, 2.05) is 24.3 Å². The average molecular weight is 212 g/mol. The van der Waals surface area contributed by atoms with Gasteiger partial charge in [0.2, 0.25) is 0 Å². The molecule has 2 heteroatoms. The van der Waals surface area contributed by atoms with Gasteiger partial charge in [-0.2, -0.15) is 0 Å². The van der Waals surface area contributed by atoms with Gasteiger partial charge in [0.15, 0.2) is 0 Å². The molecule has 0 radical (unpaired) electrons. The smallest absolute Gasteiger partial charge is 0.127 e. The summed E-state index contributed by atoms with van der Waals surface area (Å²) < 4.78 is 0. The highest BCUT2D eigenvalue weighted by Gasteiger charge is 1.91. The van der Waals surface area contributed by atoms with Crippen LogP contribution in [-0.2, 0) is 0 Å². The Morgan fingerprint density at radius 3 is 1.19 bits per heavy atom. The Hall–Kier alpha value is -1.90. The van der Waals surface area contributed by atoms with E-state index in [4.69, 9.17) is 0 Å². The Bertz CT molecular complexity index is 434. The normalized spacial score (nSPS) is 10.9. The molecule has 0 bridgehead atoms. The van der Waals surface area contributed by atoms with Crippen LogP contribution in [0.5, 0.6) is 0 Å². The Morgan fingerprint density at radius 2 is 0.875 bits per heavy atom. The van der Waals surface area contributed by atoms with Gasteiger partial charge in [-0.1, -0.05) is 12.2 Å². The molecule has 0 aliphatic carbocycles. The fourth-order valence-corrected chi connectivity index (χ4v) is 1.45. The zero-order chi connectivity index (χ0) is 11.4. The highest BCUT2D eigenvalue weighted by atomic mass is 14.5. The summed E-state index contributed by atoms with van der Waals surface area (Å²) in [6.07, 6.45) is 4.19. The monoisotopic (exact) mass is 212 g/mol. The van der Waals surface area contributed by atoms with Crippen LogP contribution in [-0.4, -0.2) is 0 Å². The first-order chi connectivity index (χ1) is 7.74. The molecule has 0 aliphatic rings. The number of quaternary nitrogens is 2. The molecule has 80 valence electrons. The van der Waals surface area contributed by atoms with Crippen molar-refractivity contribution in [2.75, 3.05) is 0 Å². The Labute approximate surface area is 95.2 Å². The van der Waals surface area contributed by atoms with Gasteiger partial charge < -0.3 is 11.5 Å². The predicted octanol–water partition coefficient (Wildman–Crippen LogP) is 1.60. The van der Waals surface area contributed by atoms with Crippen molar-refractivity contribution < 1.29 is 11.5 Å². The van der Waals surface area contributed by atoms with E-state index in [1.165, 1.54) is 11.1 Å². The lowest BCUT2D eigenvalue weighted by molar-refractivity contribution is -0.255. The minimum absolute atomic E-state index is 1.04. The second kappa shape index (κ2) is 4.75. The Balaban J connectivity index is 2.15. The van der Waals surface area contributed by atoms with E-state index in [9.17, 15) is 0 Å². The van der Waals surface area contributed by atoms with Crippen molar-refractivity contribution in [3.63, 3.8) is 0 Å². The van der Waals surface area contributed by atoms with Crippen molar-refractivity contribution in [3.05, 3.63) is 59.7 Å². The number of benzene rings is 2. The van der Waals surface area contributed by atoms with Crippen LogP contribution < -0.4 is 11.5 Å². The van der Waals surface area contributed by atoms with Crippen LogP contribution >= 0.6 is 0 Å². The van der Waals surface area contributed by atoms with E-state index >= 15 is 0 Å². The topological polar surface area (TPSA) is 55.3 Å². The van der Waals surface area contributed by atoms with Crippen molar-refractivity contribution in [2.45, 2.75) is 0 Å². The predicted molar refractivity (Wildman–Crippen MR) is 66.9 cm³/mol. The molecule has 2 aromatic carbocycles. The fraction of sp³-hybridized carbons (Fsp3) is 0. The molecule has 2 aromatic rings. The van der Waals surface area contributed by atoms with Crippen LogP contribution in [0.15, 0.2) is 48.5 Å². The van der Waals surface area contributed by atoms with E-state index in [-0.39, 0.29) is 0 Å². The summed E-state index contributed by atoms with van der Waals surface area (Å²) in [6, 6.07) is 16.3. The zero-order valence-corrected chi connectivity index (χ0v) is 9.19. The SMILES string of the molecule is [NH3+]c1ccc(/C=C/c2ccc([NH3+])cc2)cc1. The van der Waals surface area contributed by atoms with Gasteiger partial charge >= 0.3 is 0 Å². The highest BCUT2D eigenvalue weighted by Crippen LogP contribution is 2.10. The quantitative estimate of drug-likeness (QED) is 0.711. The lowest BCUT2D eigenvalue weighted by atomic mass is 10.1. The molecular formula is C14H16N2+2. The molecule has 2 nitrogen and oxygen atoms in total. The third-order valence-corrected chi connectivity index (χ3v) is 2.43. The number of rotatable bonds is 2. The van der Waals surface area contributed by atoms with Crippen LogP contribution in [0.3, 0.4) is 0 Å². The molecule has 0 saturated heterocycles. The molecule has 2 rings (SSSR count). The molecule has 16 heavy (non-hydrogen) atoms. The van der Waals surface area contributed by atoms with Gasteiger partial charge in [-0.3, -0.25) is 0 Å². The third kappa shape index (κ3) is 2.79. The van der Waals surface area contributed by atoms with Crippen LogP contribution in [0.4, 0.5) is 11.4 Å². The molecule has 0 aromatic heterocycles. The summed E-state index contributed by atoms with van der Waals surface area (Å²) in [5.74, 6) is 0. The minimum atomic E-state index is 1.04. The van der Waals surface area contributed by atoms with Crippen molar-refractivity contribution in [1.29, 1.82) is 0 Å². The van der Waals surface area contributed by atoms with E-state index in [2.05, 4.69) is 47.9 Å². The molecular weight excluding hydrogens is 196 g/mol. The van der Waals surface area contributed by atoms with Gasteiger partial charge in [0.1, 0.15) is 11.4 Å². The lowest BCUT2D eigenvalue weighted by Crippen LogP contribution is -2.39. The summed E-state index contributed by atoms with van der Waals surface area (Å²) in [4.78, 5) is 0. The molecule has 0 unspecified atom stereocenters. The van der Waals surface area contributed by atoms with Crippen molar-refractivity contribution in [1.82, 2.24) is 0 Å². The Morgan fingerprint density at radius 1 is 0.562 bits per heavy atom. The maximum Gasteiger partial charge on any atom is 0.127 e. The first-order valence-electron chi connectivity index (χ1n) is 5.26. The Kier molecular flexibility index (Phi) is 3.15. The summed E-state index contributed by atoms with van der Waals surface area (Å²) >= 11 is 0. The van der Waals surface area contributed by atoms with Gasteiger partial charge in [-0.25, -0.2) is 0 Å². The maximum absolute atomic E-state index is 3.86. The van der Waals surface area contributed by atoms with Gasteiger partial charge in [0.05, 0.1) is 0 Å². The molecule has 0 saturated carbocycles. The van der Waals surface area contributed by atoms with Gasteiger partial charge in [-0.15, -0.1) is 0 Å². The van der Waals surface area contributed by atoms with E-state index in [1.54, 1.807) is 0 Å². The minimum Gasteiger partial charge on any atom is -0.325 e. The largest absolute Gasteiger partial charge is 0.325 e. The van der Waals surface area contributed by atoms with Crippen LogP contribution in [0, 0.1) is 0 Å². The number of hydrogen-bond acceptors (Lipinski definition) is 0. The highest BCUT2D eigenvalue weighted by molar-refractivity contribution is 5.70. The molecule has 0 spiro atoms. The standard InChI is InChI=1S/C14H14N2/c15-13-7-3-11(4-8-13)1-2-12-5-9-14(16)10-6-12/h1-10H,15-16H2/p+2/b2-1+. The maximum atomic E-state index is 3.86. The molecule has 0 fully saturated rings. The first-order valence-corrected chi connectivity index (χ1v) is 5.26. The summed E-state index contributed by atoms with van der Waals surface area (Å²) in [6.45, 7) is 0. The van der Waals surface area contributed by atoms with Crippen LogP contribution in [0.25, 0.3) is 12.2 Å². The molecule has 0 aliphatic heterocycles. The average Bonchev–Trinajstić information content (AvgIpc) is 2.30. The van der Waals surface area contributed by atoms with Crippen molar-refractivity contribution in [3.8, 4) is 0 Å². The van der Waals surface area contributed by atoms with Crippen molar-refractivity contribution >= 4 is 23.5 Å². The summed E-state index contributed by atoms with van der Waals surface area (Å²) in [5.41, 5.74) is 12.2. The molecule has 0 atom stereocenters. The second-order valence-corrected chi connectivity index (χ2v) is 3.82.